The van der Waals surface area contributed by atoms with Gasteiger partial charge in [0.2, 0.25) is 21.6 Å². The number of nitrogens with two attached hydrogens (primary N) is 1. The maximum absolute atomic E-state index is 12.7. The van der Waals surface area contributed by atoms with Gasteiger partial charge in [0.05, 0.1) is 4.90 Å². The summed E-state index contributed by atoms with van der Waals surface area (Å²) in [6.07, 6.45) is 1.58. The van der Waals surface area contributed by atoms with Gasteiger partial charge in [0, 0.05) is 17.3 Å². The summed E-state index contributed by atoms with van der Waals surface area (Å²) in [5, 5.41) is 5.10. The second kappa shape index (κ2) is 7.69. The molecule has 0 aliphatic carbocycles. The van der Waals surface area contributed by atoms with Crippen LogP contribution in [-0.4, -0.2) is 38.3 Å². The Morgan fingerprint density at radius 1 is 0.903 bits per heavy atom. The summed E-state index contributed by atoms with van der Waals surface area (Å²) >= 11 is 0. The summed E-state index contributed by atoms with van der Waals surface area (Å²) in [6.45, 7) is 0. The Kier molecular flexibility index (Phi) is 5.17. The number of hydrogen-bond acceptors (Lipinski definition) is 8. The number of fused-ring (bicyclic) bond motifs is 1. The number of primary sulfonamides is 1. The molecule has 2 aromatic carbocycles. The van der Waals surface area contributed by atoms with Crippen molar-refractivity contribution in [1.29, 1.82) is 0 Å². The molecule has 0 atom stereocenters. The third-order valence-electron chi connectivity index (χ3n) is 4.43. The van der Waals surface area contributed by atoms with Crippen LogP contribution in [0.3, 0.4) is 0 Å². The van der Waals surface area contributed by atoms with Crippen LogP contribution < -0.4 is 5.14 Å². The van der Waals surface area contributed by atoms with E-state index in [9.17, 15) is 21.6 Å². The number of aromatic nitrogens is 2. The number of sulfone groups is 1. The first-order valence-electron chi connectivity index (χ1n) is 8.85. The third kappa shape index (κ3) is 4.24. The van der Waals surface area contributed by atoms with Crippen molar-refractivity contribution in [2.75, 3.05) is 5.75 Å². The first kappa shape index (κ1) is 20.8. The van der Waals surface area contributed by atoms with Gasteiger partial charge in [-0.1, -0.05) is 24.3 Å². The summed E-state index contributed by atoms with van der Waals surface area (Å²) in [4.78, 5) is 19.9. The van der Waals surface area contributed by atoms with Crippen molar-refractivity contribution in [3.8, 4) is 11.5 Å². The lowest BCUT2D eigenvalue weighted by Gasteiger charge is -2.08. The van der Waals surface area contributed by atoms with Crippen LogP contribution in [0.4, 0.5) is 0 Å². The van der Waals surface area contributed by atoms with Crippen molar-refractivity contribution in [1.82, 2.24) is 9.97 Å². The Hall–Kier alpha value is -3.41. The molecule has 0 saturated carbocycles. The van der Waals surface area contributed by atoms with Crippen molar-refractivity contribution in [3.05, 3.63) is 72.4 Å². The van der Waals surface area contributed by atoms with Crippen LogP contribution in [0.1, 0.15) is 10.4 Å². The molecule has 4 rings (SSSR count). The van der Waals surface area contributed by atoms with E-state index in [1.54, 1.807) is 30.5 Å². The molecule has 0 aliphatic heterocycles. The van der Waals surface area contributed by atoms with Crippen LogP contribution in [0.25, 0.3) is 22.7 Å². The van der Waals surface area contributed by atoms with Gasteiger partial charge in [-0.15, -0.1) is 0 Å². The number of carbonyl (C=O) groups is 1. The summed E-state index contributed by atoms with van der Waals surface area (Å²) in [5.41, 5.74) is 1.67. The second-order valence-corrected chi connectivity index (χ2v) is 10.1. The molecule has 0 fully saturated rings. The molecule has 2 heterocycles. The molecular formula is C20H15N3O6S2. The highest BCUT2D eigenvalue weighted by molar-refractivity contribution is 7.94. The highest BCUT2D eigenvalue weighted by Gasteiger charge is 2.27. The molecule has 0 spiro atoms. The van der Waals surface area contributed by atoms with Gasteiger partial charge < -0.3 is 4.42 Å². The van der Waals surface area contributed by atoms with Crippen LogP contribution in [0, 0.1) is 0 Å². The largest absolute Gasteiger partial charge is 0.418 e. The van der Waals surface area contributed by atoms with Gasteiger partial charge in [-0.2, -0.15) is 0 Å². The highest BCUT2D eigenvalue weighted by Crippen LogP contribution is 2.24. The molecule has 0 radical (unpaired) electrons. The van der Waals surface area contributed by atoms with Crippen LogP contribution in [0.2, 0.25) is 0 Å². The van der Waals surface area contributed by atoms with E-state index in [1.165, 1.54) is 24.3 Å². The minimum atomic E-state index is -4.28. The number of benzene rings is 2. The smallest absolute Gasteiger partial charge is 0.247 e. The zero-order chi connectivity index (χ0) is 22.2. The van der Waals surface area contributed by atoms with E-state index in [-0.39, 0.29) is 5.56 Å². The molecule has 2 aromatic heterocycles. The van der Waals surface area contributed by atoms with Gasteiger partial charge in [-0.05, 0) is 36.4 Å². The zero-order valence-corrected chi connectivity index (χ0v) is 17.4. The van der Waals surface area contributed by atoms with E-state index in [2.05, 4.69) is 9.97 Å². The average Bonchev–Trinajstić information content (AvgIpc) is 3.17. The number of oxazole rings is 1. The van der Waals surface area contributed by atoms with E-state index in [0.717, 1.165) is 12.1 Å². The predicted octanol–water partition coefficient (Wildman–Crippen LogP) is 2.19. The van der Waals surface area contributed by atoms with Crippen LogP contribution in [0.15, 0.2) is 81.1 Å². The molecule has 9 nitrogen and oxygen atoms in total. The number of ketones is 1. The monoisotopic (exact) mass is 457 g/mol. The van der Waals surface area contributed by atoms with Gasteiger partial charge in [-0.3, -0.25) is 4.79 Å². The van der Waals surface area contributed by atoms with Crippen LogP contribution in [0.5, 0.6) is 0 Å². The van der Waals surface area contributed by atoms with Gasteiger partial charge in [0.15, 0.2) is 15.6 Å². The van der Waals surface area contributed by atoms with E-state index >= 15 is 0 Å². The molecule has 0 unspecified atom stereocenters. The van der Waals surface area contributed by atoms with Crippen molar-refractivity contribution in [2.24, 2.45) is 5.14 Å². The summed E-state index contributed by atoms with van der Waals surface area (Å²) in [5.74, 6) is -1.30. The number of pyridine rings is 1. The van der Waals surface area contributed by atoms with Gasteiger partial charge in [0.1, 0.15) is 16.2 Å². The topological polar surface area (TPSA) is 150 Å². The van der Waals surface area contributed by atoms with E-state index in [0.29, 0.717) is 22.7 Å². The molecule has 2 N–H and O–H groups in total. The summed E-state index contributed by atoms with van der Waals surface area (Å²) in [6, 6.07) is 14.4. The molecule has 0 amide bonds. The minimum absolute atomic E-state index is 0.134. The summed E-state index contributed by atoms with van der Waals surface area (Å²) in [7, 11) is -8.53. The standard InChI is InChI=1S/C20H15N3O6S2/c21-31(27,28)18-6-2-1-5-17(18)30(25,26)12-16(24)13-7-9-14(10-8-13)19-23-15-4-3-11-22-20(15)29-19/h1-11H,12H2,(H2,21,27,28). The first-order valence-corrected chi connectivity index (χ1v) is 12.0. The lowest BCUT2D eigenvalue weighted by atomic mass is 10.1. The van der Waals surface area contributed by atoms with Crippen LogP contribution in [-0.2, 0) is 19.9 Å². The number of Topliss-reactive ketones (excluding diaryl/α,β-unsaturated/α-hetero) is 1. The average molecular weight is 457 g/mol. The fourth-order valence-electron chi connectivity index (χ4n) is 2.97. The fourth-order valence-corrected chi connectivity index (χ4v) is 5.64. The molecule has 158 valence electrons. The number of hydrogen-bond donors (Lipinski definition) is 1. The molecule has 4 aromatic rings. The van der Waals surface area contributed by atoms with Crippen molar-refractivity contribution < 1.29 is 26.0 Å². The molecule has 0 aliphatic rings. The predicted molar refractivity (Wildman–Crippen MR) is 111 cm³/mol. The van der Waals surface area contributed by atoms with Gasteiger partial charge >= 0.3 is 0 Å². The van der Waals surface area contributed by atoms with Crippen molar-refractivity contribution in [2.45, 2.75) is 9.79 Å². The van der Waals surface area contributed by atoms with Gasteiger partial charge in [-0.25, -0.2) is 31.9 Å². The first-order chi connectivity index (χ1) is 14.6. The maximum Gasteiger partial charge on any atom is 0.247 e. The van der Waals surface area contributed by atoms with Crippen LogP contribution >= 0.6 is 0 Å². The molecule has 0 saturated heterocycles. The summed E-state index contributed by atoms with van der Waals surface area (Å²) < 4.78 is 54.4. The van der Waals surface area contributed by atoms with Crippen molar-refractivity contribution >= 4 is 36.9 Å². The lowest BCUT2D eigenvalue weighted by Crippen LogP contribution is -2.21. The van der Waals surface area contributed by atoms with Crippen molar-refractivity contribution in [3.63, 3.8) is 0 Å². The third-order valence-corrected chi connectivity index (χ3v) is 7.20. The quantitative estimate of drug-likeness (QED) is 0.433. The lowest BCUT2D eigenvalue weighted by molar-refractivity contribution is 0.102. The molecule has 31 heavy (non-hydrogen) atoms. The Bertz CT molecular complexity index is 1480. The maximum atomic E-state index is 12.7. The Morgan fingerprint density at radius 2 is 1.58 bits per heavy atom. The molecular weight excluding hydrogens is 442 g/mol. The van der Waals surface area contributed by atoms with E-state index in [1.807, 2.05) is 0 Å². The molecule has 0 bridgehead atoms. The van der Waals surface area contributed by atoms with E-state index in [4.69, 9.17) is 9.56 Å². The van der Waals surface area contributed by atoms with Gasteiger partial charge in [0.25, 0.3) is 0 Å². The fraction of sp³-hybridized carbons (Fsp3) is 0.0500. The Morgan fingerprint density at radius 3 is 2.23 bits per heavy atom. The number of sulfonamides is 1. The molecule has 11 heteroatoms. The second-order valence-electron chi connectivity index (χ2n) is 6.60. The normalized spacial score (nSPS) is 12.2. The Labute approximate surface area is 177 Å². The number of nitrogens with zero attached hydrogens (tertiary/aromatic N) is 2. The van der Waals surface area contributed by atoms with E-state index < -0.39 is 41.2 Å². The number of carbonyl (C=O) groups excluding carboxylic acids is 1. The zero-order valence-electron chi connectivity index (χ0n) is 15.8. The number of rotatable bonds is 6. The SMILES string of the molecule is NS(=O)(=O)c1ccccc1S(=O)(=O)CC(=O)c1ccc(-c2nc3cccnc3o2)cc1. The highest BCUT2D eigenvalue weighted by atomic mass is 32.2. The minimum Gasteiger partial charge on any atom is -0.418 e. The Balaban J connectivity index is 1.59.